The lowest BCUT2D eigenvalue weighted by atomic mass is 10.1. The number of benzene rings is 3. The normalized spacial score (nSPS) is 10.7. The van der Waals surface area contributed by atoms with E-state index in [0.717, 1.165) is 21.2 Å². The van der Waals surface area contributed by atoms with Crippen LogP contribution in [0, 0.1) is 0 Å². The van der Waals surface area contributed by atoms with E-state index in [0.29, 0.717) is 22.8 Å². The summed E-state index contributed by atoms with van der Waals surface area (Å²) in [7, 11) is 0. The second-order valence-corrected chi connectivity index (χ2v) is 8.12. The number of nitrogens with one attached hydrogen (secondary N) is 1. The molecule has 0 aliphatic rings. The van der Waals surface area contributed by atoms with E-state index >= 15 is 0 Å². The maximum Gasteiger partial charge on any atom is 0.230 e. The van der Waals surface area contributed by atoms with Crippen LogP contribution in [-0.2, 0) is 17.8 Å². The van der Waals surface area contributed by atoms with Crippen LogP contribution in [-0.4, -0.2) is 26.1 Å². The number of aromatic nitrogens is 2. The molecule has 6 nitrogen and oxygen atoms in total. The predicted molar refractivity (Wildman–Crippen MR) is 127 cm³/mol. The summed E-state index contributed by atoms with van der Waals surface area (Å²) in [5.41, 5.74) is 4.36. The predicted octanol–water partition coefficient (Wildman–Crippen LogP) is 4.95. The molecule has 0 atom stereocenters. The van der Waals surface area contributed by atoms with E-state index in [1.54, 1.807) is 30.5 Å². The van der Waals surface area contributed by atoms with E-state index in [1.807, 2.05) is 48.5 Å². The first-order chi connectivity index (χ1) is 15.5. The van der Waals surface area contributed by atoms with Gasteiger partial charge >= 0.3 is 0 Å². The third kappa shape index (κ3) is 5.19. The van der Waals surface area contributed by atoms with Crippen molar-refractivity contribution in [1.82, 2.24) is 9.97 Å². The number of aliphatic hydroxyl groups is 1. The topological polar surface area (TPSA) is 95.3 Å². The molecular weight excluding hydrogens is 470 g/mol. The Morgan fingerprint density at radius 1 is 0.875 bits per heavy atom. The van der Waals surface area contributed by atoms with E-state index in [9.17, 15) is 15.0 Å². The number of hydrogen-bond acceptors (Lipinski definition) is 5. The molecule has 0 radical (unpaired) electrons. The Morgan fingerprint density at radius 2 is 1.50 bits per heavy atom. The van der Waals surface area contributed by atoms with Crippen LogP contribution in [0.3, 0.4) is 0 Å². The van der Waals surface area contributed by atoms with E-state index in [1.165, 1.54) is 0 Å². The van der Waals surface area contributed by atoms with Crippen LogP contribution >= 0.6 is 15.9 Å². The van der Waals surface area contributed by atoms with E-state index in [2.05, 4.69) is 26.2 Å². The molecule has 32 heavy (non-hydrogen) atoms. The van der Waals surface area contributed by atoms with Crippen molar-refractivity contribution < 1.29 is 15.0 Å². The van der Waals surface area contributed by atoms with Crippen LogP contribution in [0.1, 0.15) is 11.1 Å². The minimum Gasteiger partial charge on any atom is -0.508 e. The molecular formula is C25H20BrN3O3. The molecule has 3 N–H and O–H groups in total. The largest absolute Gasteiger partial charge is 0.508 e. The summed E-state index contributed by atoms with van der Waals surface area (Å²) in [6, 6.07) is 21.5. The first-order valence-corrected chi connectivity index (χ1v) is 10.7. The van der Waals surface area contributed by atoms with Crippen LogP contribution in [0.15, 0.2) is 83.5 Å². The van der Waals surface area contributed by atoms with Gasteiger partial charge in [-0.25, -0.2) is 9.97 Å². The average Bonchev–Trinajstić information content (AvgIpc) is 2.81. The molecule has 4 aromatic rings. The fourth-order valence-corrected chi connectivity index (χ4v) is 3.45. The quantitative estimate of drug-likeness (QED) is 0.356. The fourth-order valence-electron chi connectivity index (χ4n) is 3.19. The van der Waals surface area contributed by atoms with Crippen molar-refractivity contribution >= 4 is 27.7 Å². The summed E-state index contributed by atoms with van der Waals surface area (Å²) in [6.07, 6.45) is 1.81. The van der Waals surface area contributed by atoms with Gasteiger partial charge in [0.15, 0.2) is 5.82 Å². The molecule has 0 unspecified atom stereocenters. The zero-order chi connectivity index (χ0) is 22.5. The SMILES string of the molecule is O=C(Cc1ccc(Br)cc1)Nc1ncc(-c2ccc(CO)cc2)nc1-c1ccc(O)cc1. The Kier molecular flexibility index (Phi) is 6.58. The third-order valence-electron chi connectivity index (χ3n) is 4.88. The number of carbonyl (C=O) groups is 1. The van der Waals surface area contributed by atoms with E-state index in [-0.39, 0.29) is 24.7 Å². The van der Waals surface area contributed by atoms with Crippen molar-refractivity contribution in [3.63, 3.8) is 0 Å². The molecule has 0 saturated carbocycles. The maximum atomic E-state index is 12.7. The number of phenolic OH excluding ortho intramolecular Hbond substituents is 1. The van der Waals surface area contributed by atoms with Crippen molar-refractivity contribution in [1.29, 1.82) is 0 Å². The molecule has 7 heteroatoms. The number of anilines is 1. The Balaban J connectivity index is 1.66. The van der Waals surface area contributed by atoms with Gasteiger partial charge in [0.2, 0.25) is 5.91 Å². The highest BCUT2D eigenvalue weighted by Gasteiger charge is 2.15. The molecule has 1 amide bonds. The van der Waals surface area contributed by atoms with Gasteiger partial charge in [-0.3, -0.25) is 4.79 Å². The minimum atomic E-state index is -0.207. The van der Waals surface area contributed by atoms with Crippen LogP contribution < -0.4 is 5.32 Å². The number of rotatable bonds is 6. The summed E-state index contributed by atoms with van der Waals surface area (Å²) < 4.78 is 0.949. The van der Waals surface area contributed by atoms with Crippen molar-refractivity contribution in [2.24, 2.45) is 0 Å². The lowest BCUT2D eigenvalue weighted by Crippen LogP contribution is -2.16. The standard InChI is InChI=1S/C25H20BrN3O3/c26-20-9-3-16(4-10-20)13-23(32)29-25-24(19-7-11-21(31)12-8-19)28-22(14-27-25)18-5-1-17(15-30)2-6-18/h1-12,14,30-31H,13,15H2,(H,27,29,32). The van der Waals surface area contributed by atoms with Gasteiger partial charge < -0.3 is 15.5 Å². The zero-order valence-corrected chi connectivity index (χ0v) is 18.6. The van der Waals surface area contributed by atoms with E-state index < -0.39 is 0 Å². The highest BCUT2D eigenvalue weighted by molar-refractivity contribution is 9.10. The molecule has 0 spiro atoms. The lowest BCUT2D eigenvalue weighted by Gasteiger charge is -2.12. The van der Waals surface area contributed by atoms with Crippen molar-refractivity contribution in [3.05, 3.63) is 94.6 Å². The van der Waals surface area contributed by atoms with Gasteiger partial charge in [-0.2, -0.15) is 0 Å². The van der Waals surface area contributed by atoms with Crippen molar-refractivity contribution in [2.75, 3.05) is 5.32 Å². The molecule has 160 valence electrons. The second kappa shape index (κ2) is 9.72. The summed E-state index contributed by atoms with van der Waals surface area (Å²) in [4.78, 5) is 21.9. The van der Waals surface area contributed by atoms with Gasteiger partial charge in [-0.1, -0.05) is 52.3 Å². The van der Waals surface area contributed by atoms with Gasteiger partial charge in [-0.15, -0.1) is 0 Å². The lowest BCUT2D eigenvalue weighted by molar-refractivity contribution is -0.115. The number of carbonyl (C=O) groups excluding carboxylic acids is 1. The highest BCUT2D eigenvalue weighted by Crippen LogP contribution is 2.29. The fraction of sp³-hybridized carbons (Fsp3) is 0.0800. The number of amides is 1. The molecule has 1 aromatic heterocycles. The number of phenols is 1. The molecule has 4 rings (SSSR count). The molecule has 0 bridgehead atoms. The van der Waals surface area contributed by atoms with Gasteiger partial charge in [-0.05, 0) is 47.5 Å². The molecule has 0 fully saturated rings. The number of aliphatic hydroxyl groups excluding tert-OH is 1. The summed E-state index contributed by atoms with van der Waals surface area (Å²) in [5.74, 6) is 0.272. The van der Waals surface area contributed by atoms with Crippen LogP contribution in [0.4, 0.5) is 5.82 Å². The minimum absolute atomic E-state index is 0.0337. The second-order valence-electron chi connectivity index (χ2n) is 7.21. The number of hydrogen-bond donors (Lipinski definition) is 3. The first kappa shape index (κ1) is 21.7. The monoisotopic (exact) mass is 489 g/mol. The van der Waals surface area contributed by atoms with Gasteiger partial charge in [0.05, 0.1) is 24.9 Å². The smallest absolute Gasteiger partial charge is 0.230 e. The molecule has 0 saturated heterocycles. The first-order valence-electron chi connectivity index (χ1n) is 9.93. The third-order valence-corrected chi connectivity index (χ3v) is 5.41. The zero-order valence-electron chi connectivity index (χ0n) is 17.0. The molecule has 0 aliphatic heterocycles. The van der Waals surface area contributed by atoms with Gasteiger partial charge in [0.25, 0.3) is 0 Å². The van der Waals surface area contributed by atoms with Crippen LogP contribution in [0.5, 0.6) is 5.75 Å². The summed E-state index contributed by atoms with van der Waals surface area (Å²) in [6.45, 7) is -0.0337. The average molecular weight is 490 g/mol. The Labute approximate surface area is 193 Å². The number of aromatic hydroxyl groups is 1. The summed E-state index contributed by atoms with van der Waals surface area (Å²) >= 11 is 3.39. The molecule has 3 aromatic carbocycles. The Morgan fingerprint density at radius 3 is 2.16 bits per heavy atom. The maximum absolute atomic E-state index is 12.7. The van der Waals surface area contributed by atoms with Crippen molar-refractivity contribution in [2.45, 2.75) is 13.0 Å². The number of nitrogens with zero attached hydrogens (tertiary/aromatic N) is 2. The van der Waals surface area contributed by atoms with Gasteiger partial charge in [0, 0.05) is 15.6 Å². The van der Waals surface area contributed by atoms with Crippen molar-refractivity contribution in [3.8, 4) is 28.3 Å². The molecule has 1 heterocycles. The van der Waals surface area contributed by atoms with Crippen LogP contribution in [0.2, 0.25) is 0 Å². The highest BCUT2D eigenvalue weighted by atomic mass is 79.9. The number of halogens is 1. The Bertz CT molecular complexity index is 1230. The summed E-state index contributed by atoms with van der Waals surface area (Å²) in [5, 5.41) is 21.8. The van der Waals surface area contributed by atoms with Gasteiger partial charge in [0.1, 0.15) is 11.4 Å². The Hall–Kier alpha value is -3.55. The van der Waals surface area contributed by atoms with E-state index in [4.69, 9.17) is 4.98 Å². The van der Waals surface area contributed by atoms with Crippen LogP contribution in [0.25, 0.3) is 22.5 Å². The molecule has 0 aliphatic carbocycles.